The van der Waals surface area contributed by atoms with E-state index in [1.54, 1.807) is 30.1 Å². The van der Waals surface area contributed by atoms with Crippen LogP contribution in [0.25, 0.3) is 0 Å². The zero-order chi connectivity index (χ0) is 18.0. The molecule has 130 valence electrons. The smallest absolute Gasteiger partial charge is 0.292 e. The molecule has 1 unspecified atom stereocenters. The summed E-state index contributed by atoms with van der Waals surface area (Å²) in [6, 6.07) is 12.3. The maximum atomic E-state index is 12.9. The second kappa shape index (κ2) is 6.80. The quantitative estimate of drug-likeness (QED) is 0.641. The molecule has 0 bridgehead atoms. The summed E-state index contributed by atoms with van der Waals surface area (Å²) in [7, 11) is 1.64. The summed E-state index contributed by atoms with van der Waals surface area (Å²) in [4.78, 5) is 25.5. The molecule has 1 atom stereocenters. The van der Waals surface area contributed by atoms with Crippen molar-refractivity contribution in [3.63, 3.8) is 0 Å². The van der Waals surface area contributed by atoms with Gasteiger partial charge in [-0.05, 0) is 24.6 Å². The Bertz CT molecular complexity index is 822. The van der Waals surface area contributed by atoms with E-state index >= 15 is 0 Å². The number of fused-ring (bicyclic) bond motifs is 1. The Kier molecular flexibility index (Phi) is 4.56. The summed E-state index contributed by atoms with van der Waals surface area (Å²) in [6.07, 6.45) is 0.356. The van der Waals surface area contributed by atoms with Crippen LogP contribution in [-0.4, -0.2) is 29.3 Å². The second-order valence-electron chi connectivity index (χ2n) is 5.87. The van der Waals surface area contributed by atoms with Crippen LogP contribution in [0.5, 0.6) is 0 Å². The van der Waals surface area contributed by atoms with Gasteiger partial charge in [0.15, 0.2) is 0 Å². The van der Waals surface area contributed by atoms with Crippen LogP contribution in [0.4, 0.5) is 17.1 Å². The van der Waals surface area contributed by atoms with Crippen molar-refractivity contribution in [2.24, 2.45) is 0 Å². The number of nitrogens with zero attached hydrogens (tertiary/aromatic N) is 2. The van der Waals surface area contributed by atoms with Crippen molar-refractivity contribution in [3.8, 4) is 0 Å². The predicted molar refractivity (Wildman–Crippen MR) is 96.8 cm³/mol. The first-order chi connectivity index (χ1) is 12.1. The van der Waals surface area contributed by atoms with E-state index < -0.39 is 11.1 Å². The molecule has 0 aromatic heterocycles. The van der Waals surface area contributed by atoms with Gasteiger partial charge in [0.2, 0.25) is 0 Å². The molecule has 2 N–H and O–H groups in total. The Morgan fingerprint density at radius 1 is 1.28 bits per heavy atom. The van der Waals surface area contributed by atoms with Crippen LogP contribution in [0, 0.1) is 10.1 Å². The molecule has 1 amide bonds. The lowest BCUT2D eigenvalue weighted by Crippen LogP contribution is -2.43. The van der Waals surface area contributed by atoms with E-state index in [1.165, 1.54) is 6.07 Å². The lowest BCUT2D eigenvalue weighted by atomic mass is 10.0. The molecule has 0 saturated heterocycles. The first kappa shape index (κ1) is 16.8. The van der Waals surface area contributed by atoms with Crippen LogP contribution in [0.15, 0.2) is 42.5 Å². The fourth-order valence-electron chi connectivity index (χ4n) is 3.11. The topological polar surface area (TPSA) is 87.5 Å². The van der Waals surface area contributed by atoms with Crippen molar-refractivity contribution < 1.29 is 9.72 Å². The molecular formula is C18H20N4O3. The average molecular weight is 340 g/mol. The number of amides is 1. The monoisotopic (exact) mass is 340 g/mol. The highest BCUT2D eigenvalue weighted by Gasteiger charge is 2.33. The van der Waals surface area contributed by atoms with Gasteiger partial charge in [0.05, 0.1) is 10.5 Å². The van der Waals surface area contributed by atoms with Crippen molar-refractivity contribution in [1.82, 2.24) is 4.90 Å². The van der Waals surface area contributed by atoms with Gasteiger partial charge >= 0.3 is 0 Å². The summed E-state index contributed by atoms with van der Waals surface area (Å²) in [5.41, 5.74) is 2.48. The van der Waals surface area contributed by atoms with Crippen LogP contribution in [0.3, 0.4) is 0 Å². The number of rotatable bonds is 5. The van der Waals surface area contributed by atoms with E-state index in [-0.39, 0.29) is 11.6 Å². The molecule has 2 aromatic rings. The van der Waals surface area contributed by atoms with Gasteiger partial charge in [-0.25, -0.2) is 0 Å². The number of para-hydroxylation sites is 1. The van der Waals surface area contributed by atoms with Gasteiger partial charge in [-0.1, -0.05) is 25.1 Å². The third kappa shape index (κ3) is 3.00. The molecule has 1 aliphatic rings. The Morgan fingerprint density at radius 3 is 2.72 bits per heavy atom. The number of benzene rings is 2. The Balaban J connectivity index is 2.07. The Labute approximate surface area is 145 Å². The van der Waals surface area contributed by atoms with E-state index in [9.17, 15) is 14.9 Å². The van der Waals surface area contributed by atoms with Crippen LogP contribution < -0.4 is 10.6 Å². The summed E-state index contributed by atoms with van der Waals surface area (Å²) in [5, 5.41) is 17.5. The Morgan fingerprint density at radius 2 is 2.04 bits per heavy atom. The third-order valence-corrected chi connectivity index (χ3v) is 4.29. The van der Waals surface area contributed by atoms with Gasteiger partial charge in [-0.3, -0.25) is 14.9 Å². The first-order valence-electron chi connectivity index (χ1n) is 8.19. The van der Waals surface area contributed by atoms with Crippen LogP contribution in [0.1, 0.15) is 35.4 Å². The fraction of sp³-hybridized carbons (Fsp3) is 0.278. The maximum absolute atomic E-state index is 12.9. The molecule has 2 aromatic carbocycles. The normalized spacial score (nSPS) is 16.2. The highest BCUT2D eigenvalue weighted by atomic mass is 16.6. The molecule has 0 aliphatic carbocycles. The van der Waals surface area contributed by atoms with E-state index in [0.29, 0.717) is 23.4 Å². The van der Waals surface area contributed by atoms with Gasteiger partial charge in [0.1, 0.15) is 11.9 Å². The average Bonchev–Trinajstić information content (AvgIpc) is 2.63. The van der Waals surface area contributed by atoms with Crippen molar-refractivity contribution in [1.29, 1.82) is 0 Å². The number of hydrogen-bond donors (Lipinski definition) is 2. The maximum Gasteiger partial charge on any atom is 0.292 e. The minimum Gasteiger partial charge on any atom is -0.383 e. The van der Waals surface area contributed by atoms with Crippen molar-refractivity contribution in [2.45, 2.75) is 19.5 Å². The van der Waals surface area contributed by atoms with Gasteiger partial charge in [0, 0.05) is 30.9 Å². The van der Waals surface area contributed by atoms with Gasteiger partial charge in [-0.15, -0.1) is 0 Å². The highest BCUT2D eigenvalue weighted by molar-refractivity contribution is 6.01. The SMILES string of the molecule is CCCN1C(=O)c2ccccc2NC1c1ccc(NC)c([N+](=O)[O-])c1. The molecule has 1 heterocycles. The Hall–Kier alpha value is -3.09. The summed E-state index contributed by atoms with van der Waals surface area (Å²) < 4.78 is 0. The number of nitro benzene ring substituents is 1. The number of carbonyl (C=O) groups excluding carboxylic acids is 1. The third-order valence-electron chi connectivity index (χ3n) is 4.29. The minimum atomic E-state index is -0.438. The number of carbonyl (C=O) groups is 1. The largest absolute Gasteiger partial charge is 0.383 e. The van der Waals surface area contributed by atoms with Gasteiger partial charge in [-0.2, -0.15) is 0 Å². The van der Waals surface area contributed by atoms with Gasteiger partial charge < -0.3 is 15.5 Å². The molecule has 7 nitrogen and oxygen atoms in total. The number of hydrogen-bond acceptors (Lipinski definition) is 5. The fourth-order valence-corrected chi connectivity index (χ4v) is 3.11. The number of nitro groups is 1. The van der Waals surface area contributed by atoms with Crippen molar-refractivity contribution >= 4 is 23.0 Å². The summed E-state index contributed by atoms with van der Waals surface area (Å²) in [6.45, 7) is 2.56. The van der Waals surface area contributed by atoms with E-state index in [0.717, 1.165) is 12.1 Å². The lowest BCUT2D eigenvalue weighted by Gasteiger charge is -2.38. The van der Waals surface area contributed by atoms with Crippen LogP contribution in [-0.2, 0) is 0 Å². The molecular weight excluding hydrogens is 320 g/mol. The summed E-state index contributed by atoms with van der Waals surface area (Å²) in [5.74, 6) is -0.0680. The zero-order valence-corrected chi connectivity index (χ0v) is 14.2. The zero-order valence-electron chi connectivity index (χ0n) is 14.2. The molecule has 3 rings (SSSR count). The second-order valence-corrected chi connectivity index (χ2v) is 5.87. The number of anilines is 2. The molecule has 25 heavy (non-hydrogen) atoms. The molecule has 1 aliphatic heterocycles. The predicted octanol–water partition coefficient (Wildman–Crippen LogP) is 3.61. The molecule has 7 heteroatoms. The van der Waals surface area contributed by atoms with E-state index in [1.807, 2.05) is 25.1 Å². The van der Waals surface area contributed by atoms with Crippen molar-refractivity contribution in [2.75, 3.05) is 24.2 Å². The lowest BCUT2D eigenvalue weighted by molar-refractivity contribution is -0.384. The van der Waals surface area contributed by atoms with Gasteiger partial charge in [0.25, 0.3) is 11.6 Å². The number of nitrogens with one attached hydrogen (secondary N) is 2. The summed E-state index contributed by atoms with van der Waals surface area (Å²) >= 11 is 0. The molecule has 0 saturated carbocycles. The van der Waals surface area contributed by atoms with E-state index in [2.05, 4.69) is 10.6 Å². The first-order valence-corrected chi connectivity index (χ1v) is 8.19. The van der Waals surface area contributed by atoms with Crippen LogP contribution in [0.2, 0.25) is 0 Å². The van der Waals surface area contributed by atoms with Crippen LogP contribution >= 0.6 is 0 Å². The minimum absolute atomic E-state index is 0.00967. The molecule has 0 radical (unpaired) electrons. The molecule has 0 fully saturated rings. The van der Waals surface area contributed by atoms with Crippen molar-refractivity contribution in [3.05, 3.63) is 63.7 Å². The highest BCUT2D eigenvalue weighted by Crippen LogP contribution is 2.35. The van der Waals surface area contributed by atoms with E-state index in [4.69, 9.17) is 0 Å². The standard InChI is InChI=1S/C18H20N4O3/c1-3-10-21-17(20-14-7-5-4-6-13(14)18(21)23)12-8-9-15(19-2)16(11-12)22(24)25/h4-9,11,17,19-20H,3,10H2,1-2H3. The molecule has 0 spiro atoms.